The van der Waals surface area contributed by atoms with Gasteiger partial charge in [0.2, 0.25) is 5.91 Å². The van der Waals surface area contributed by atoms with Crippen LogP contribution in [0.1, 0.15) is 50.4 Å². The first-order valence-corrected chi connectivity index (χ1v) is 6.77. The molecule has 0 aliphatic rings. The summed E-state index contributed by atoms with van der Waals surface area (Å²) in [7, 11) is 0. The van der Waals surface area contributed by atoms with E-state index in [9.17, 15) is 9.59 Å². The lowest BCUT2D eigenvalue weighted by Crippen LogP contribution is -2.31. The largest absolute Gasteiger partial charge is 0.350 e. The van der Waals surface area contributed by atoms with Crippen LogP contribution in [0.5, 0.6) is 0 Å². The number of carbonyl (C=O) groups excluding carboxylic acids is 2. The highest BCUT2D eigenvalue weighted by Gasteiger charge is 2.09. The smallest absolute Gasteiger partial charge is 0.251 e. The number of benzene rings is 1. The molecule has 0 radical (unpaired) electrons. The van der Waals surface area contributed by atoms with Gasteiger partial charge in [-0.05, 0) is 38.0 Å². The van der Waals surface area contributed by atoms with Crippen LogP contribution in [0.4, 0.5) is 5.69 Å². The molecule has 1 aromatic carbocycles. The average molecular weight is 262 g/mol. The quantitative estimate of drug-likeness (QED) is 0.828. The molecule has 2 amide bonds. The summed E-state index contributed by atoms with van der Waals surface area (Å²) >= 11 is 0. The van der Waals surface area contributed by atoms with E-state index in [0.717, 1.165) is 12.8 Å². The minimum atomic E-state index is -0.110. The lowest BCUT2D eigenvalue weighted by atomic mass is 10.1. The van der Waals surface area contributed by atoms with Gasteiger partial charge in [-0.2, -0.15) is 0 Å². The van der Waals surface area contributed by atoms with Gasteiger partial charge in [0.15, 0.2) is 0 Å². The summed E-state index contributed by atoms with van der Waals surface area (Å²) in [4.78, 5) is 23.5. The fourth-order valence-electron chi connectivity index (χ4n) is 1.60. The van der Waals surface area contributed by atoms with Crippen LogP contribution in [0.3, 0.4) is 0 Å². The maximum Gasteiger partial charge on any atom is 0.251 e. The highest BCUT2D eigenvalue weighted by molar-refractivity contribution is 5.97. The molecule has 0 aliphatic carbocycles. The zero-order chi connectivity index (χ0) is 14.3. The third-order valence-corrected chi connectivity index (χ3v) is 2.88. The minimum absolute atomic E-state index is 0.0259. The Morgan fingerprint density at radius 2 is 2.00 bits per heavy atom. The standard InChI is InChI=1S/C15H22N2O2/c1-4-7-14(18)17-13-9-6-8-12(10-13)15(19)16-11(3)5-2/h6,8-11H,4-5,7H2,1-3H3,(H,16,19)(H,17,18). The van der Waals surface area contributed by atoms with Crippen LogP contribution in [0.25, 0.3) is 0 Å². The highest BCUT2D eigenvalue weighted by Crippen LogP contribution is 2.11. The SMILES string of the molecule is CCCC(=O)Nc1cccc(C(=O)NC(C)CC)c1. The fraction of sp³-hybridized carbons (Fsp3) is 0.467. The van der Waals surface area contributed by atoms with Gasteiger partial charge in [0.25, 0.3) is 5.91 Å². The first kappa shape index (κ1) is 15.2. The Bertz CT molecular complexity index is 444. The number of nitrogens with one attached hydrogen (secondary N) is 2. The van der Waals surface area contributed by atoms with Crippen molar-refractivity contribution in [3.05, 3.63) is 29.8 Å². The monoisotopic (exact) mass is 262 g/mol. The molecule has 19 heavy (non-hydrogen) atoms. The van der Waals surface area contributed by atoms with Crippen molar-refractivity contribution in [1.82, 2.24) is 5.32 Å². The van der Waals surface area contributed by atoms with Gasteiger partial charge in [0.05, 0.1) is 0 Å². The number of hydrogen-bond donors (Lipinski definition) is 2. The van der Waals surface area contributed by atoms with Crippen molar-refractivity contribution >= 4 is 17.5 Å². The topological polar surface area (TPSA) is 58.2 Å². The molecule has 0 spiro atoms. The summed E-state index contributed by atoms with van der Waals surface area (Å²) in [5.41, 5.74) is 1.23. The Hall–Kier alpha value is -1.84. The Morgan fingerprint density at radius 3 is 2.63 bits per heavy atom. The molecular weight excluding hydrogens is 240 g/mol. The van der Waals surface area contributed by atoms with Crippen molar-refractivity contribution in [2.45, 2.75) is 46.1 Å². The molecule has 0 heterocycles. The maximum absolute atomic E-state index is 12.0. The molecule has 0 fully saturated rings. The summed E-state index contributed by atoms with van der Waals surface area (Å²) in [5, 5.41) is 5.69. The Labute approximate surface area is 114 Å². The van der Waals surface area contributed by atoms with Gasteiger partial charge < -0.3 is 10.6 Å². The molecule has 104 valence electrons. The molecule has 0 saturated heterocycles. The van der Waals surface area contributed by atoms with Gasteiger partial charge in [0, 0.05) is 23.7 Å². The predicted octanol–water partition coefficient (Wildman–Crippen LogP) is 2.95. The second-order valence-corrected chi connectivity index (χ2v) is 4.66. The Kier molecular flexibility index (Phi) is 6.06. The third kappa shape index (κ3) is 5.12. The van der Waals surface area contributed by atoms with Crippen LogP contribution >= 0.6 is 0 Å². The van der Waals surface area contributed by atoms with Crippen LogP contribution in [-0.4, -0.2) is 17.9 Å². The zero-order valence-electron chi connectivity index (χ0n) is 11.8. The second kappa shape index (κ2) is 7.56. The van der Waals surface area contributed by atoms with Crippen molar-refractivity contribution in [2.75, 3.05) is 5.32 Å². The van der Waals surface area contributed by atoms with Gasteiger partial charge in [-0.15, -0.1) is 0 Å². The van der Waals surface area contributed by atoms with E-state index >= 15 is 0 Å². The van der Waals surface area contributed by atoms with Crippen molar-refractivity contribution in [3.63, 3.8) is 0 Å². The van der Waals surface area contributed by atoms with Crippen LogP contribution in [0, 0.1) is 0 Å². The Morgan fingerprint density at radius 1 is 1.26 bits per heavy atom. The molecule has 0 bridgehead atoms. The molecule has 1 rings (SSSR count). The summed E-state index contributed by atoms with van der Waals surface area (Å²) in [6, 6.07) is 7.14. The molecule has 1 atom stereocenters. The number of amides is 2. The van der Waals surface area contributed by atoms with Gasteiger partial charge >= 0.3 is 0 Å². The van der Waals surface area contributed by atoms with Gasteiger partial charge in [-0.1, -0.05) is 19.9 Å². The molecular formula is C15H22N2O2. The van der Waals surface area contributed by atoms with E-state index in [1.807, 2.05) is 20.8 Å². The van der Waals surface area contributed by atoms with Crippen LogP contribution in [0.15, 0.2) is 24.3 Å². The summed E-state index contributed by atoms with van der Waals surface area (Å²) < 4.78 is 0. The summed E-state index contributed by atoms with van der Waals surface area (Å²) in [6.45, 7) is 5.94. The molecule has 1 aromatic rings. The lowest BCUT2D eigenvalue weighted by molar-refractivity contribution is -0.116. The number of rotatable bonds is 6. The first-order chi connectivity index (χ1) is 9.06. The molecule has 0 saturated carbocycles. The van der Waals surface area contributed by atoms with Crippen molar-refractivity contribution in [1.29, 1.82) is 0 Å². The molecule has 2 N–H and O–H groups in total. The number of carbonyl (C=O) groups is 2. The van der Waals surface area contributed by atoms with E-state index in [-0.39, 0.29) is 17.9 Å². The summed E-state index contributed by atoms with van der Waals surface area (Å²) in [6.07, 6.45) is 2.18. The van der Waals surface area contributed by atoms with E-state index in [1.54, 1.807) is 24.3 Å². The van der Waals surface area contributed by atoms with Crippen LogP contribution in [-0.2, 0) is 4.79 Å². The van der Waals surface area contributed by atoms with E-state index in [0.29, 0.717) is 17.7 Å². The molecule has 0 aromatic heterocycles. The number of hydrogen-bond acceptors (Lipinski definition) is 2. The highest BCUT2D eigenvalue weighted by atomic mass is 16.2. The average Bonchev–Trinajstić information content (AvgIpc) is 2.39. The third-order valence-electron chi connectivity index (χ3n) is 2.88. The second-order valence-electron chi connectivity index (χ2n) is 4.66. The molecule has 1 unspecified atom stereocenters. The summed E-state index contributed by atoms with van der Waals surface area (Å²) in [5.74, 6) is -0.136. The van der Waals surface area contributed by atoms with E-state index in [2.05, 4.69) is 10.6 Å². The molecule has 4 heteroatoms. The van der Waals surface area contributed by atoms with Crippen molar-refractivity contribution in [3.8, 4) is 0 Å². The zero-order valence-corrected chi connectivity index (χ0v) is 11.8. The van der Waals surface area contributed by atoms with Gasteiger partial charge in [-0.3, -0.25) is 9.59 Å². The maximum atomic E-state index is 12.0. The van der Waals surface area contributed by atoms with E-state index in [1.165, 1.54) is 0 Å². The number of anilines is 1. The molecule has 0 aliphatic heterocycles. The molecule has 4 nitrogen and oxygen atoms in total. The van der Waals surface area contributed by atoms with Crippen molar-refractivity contribution in [2.24, 2.45) is 0 Å². The normalized spacial score (nSPS) is 11.7. The van der Waals surface area contributed by atoms with Crippen LogP contribution < -0.4 is 10.6 Å². The van der Waals surface area contributed by atoms with Crippen LogP contribution in [0.2, 0.25) is 0 Å². The van der Waals surface area contributed by atoms with Gasteiger partial charge in [0.1, 0.15) is 0 Å². The minimum Gasteiger partial charge on any atom is -0.350 e. The predicted molar refractivity (Wildman–Crippen MR) is 77.2 cm³/mol. The lowest BCUT2D eigenvalue weighted by Gasteiger charge is -2.12. The Balaban J connectivity index is 2.71. The fourth-order valence-corrected chi connectivity index (χ4v) is 1.60. The van der Waals surface area contributed by atoms with Gasteiger partial charge in [-0.25, -0.2) is 0 Å². The van der Waals surface area contributed by atoms with Crippen molar-refractivity contribution < 1.29 is 9.59 Å². The first-order valence-electron chi connectivity index (χ1n) is 6.77. The van der Waals surface area contributed by atoms with E-state index < -0.39 is 0 Å². The van der Waals surface area contributed by atoms with E-state index in [4.69, 9.17) is 0 Å².